The molecular weight excluding hydrogens is 478 g/mol. The van der Waals surface area contributed by atoms with Crippen LogP contribution in [0.5, 0.6) is 11.5 Å². The Balaban J connectivity index is 1.84. The number of ether oxygens (including phenoxy) is 1. The first-order valence-electron chi connectivity index (χ1n) is 12.5. The fraction of sp³-hybridized carbons (Fsp3) is 0.500. The molecule has 1 aromatic rings. The second kappa shape index (κ2) is 14.5. The van der Waals surface area contributed by atoms with Gasteiger partial charge in [0.25, 0.3) is 5.91 Å². The molecule has 1 unspecified atom stereocenters. The summed E-state index contributed by atoms with van der Waals surface area (Å²) in [5.74, 6) is -1.56. The van der Waals surface area contributed by atoms with Crippen LogP contribution in [0.4, 0.5) is 0 Å². The zero-order valence-electron chi connectivity index (χ0n) is 20.8. The molecule has 11 heteroatoms. The molecule has 2 aliphatic heterocycles. The summed E-state index contributed by atoms with van der Waals surface area (Å²) in [4.78, 5) is 35.4. The van der Waals surface area contributed by atoms with E-state index in [1.54, 1.807) is 11.0 Å². The highest BCUT2D eigenvalue weighted by Crippen LogP contribution is 2.30. The summed E-state index contributed by atoms with van der Waals surface area (Å²) in [6, 6.07) is 2.43. The van der Waals surface area contributed by atoms with Crippen molar-refractivity contribution in [3.8, 4) is 11.5 Å². The number of carbonyl (C=O) groups excluding carboxylic acids is 2. The first kappa shape index (κ1) is 27.6. The number of aromatic hydroxyl groups is 2. The van der Waals surface area contributed by atoms with Crippen LogP contribution in [-0.2, 0) is 20.8 Å². The molecule has 37 heavy (non-hydrogen) atoms. The number of benzene rings is 1. The molecule has 0 aliphatic carbocycles. The van der Waals surface area contributed by atoms with Crippen LogP contribution < -0.4 is 0 Å². The highest BCUT2D eigenvalue weighted by atomic mass is 16.6. The lowest BCUT2D eigenvalue weighted by Gasteiger charge is -2.26. The molecule has 0 saturated carbocycles. The molecule has 0 radical (unpaired) electrons. The lowest BCUT2D eigenvalue weighted by molar-refractivity contribution is -0.137. The maximum atomic E-state index is 13.1. The largest absolute Gasteiger partial charge is 0.508 e. The van der Waals surface area contributed by atoms with Crippen LogP contribution >= 0.6 is 0 Å². The minimum Gasteiger partial charge on any atom is -0.508 e. The molecule has 1 fully saturated rings. The highest BCUT2D eigenvalue weighted by Gasteiger charge is 2.24. The average molecular weight is 512 g/mol. The molecule has 2 N–H and O–H groups in total. The molecule has 1 amide bonds. The van der Waals surface area contributed by atoms with Crippen LogP contribution in [-0.4, -0.2) is 65.0 Å². The van der Waals surface area contributed by atoms with E-state index in [1.165, 1.54) is 6.07 Å². The van der Waals surface area contributed by atoms with Gasteiger partial charge in [-0.1, -0.05) is 28.5 Å². The van der Waals surface area contributed by atoms with Gasteiger partial charge in [0.15, 0.2) is 6.61 Å². The molecular formula is C26H33N5O6. The van der Waals surface area contributed by atoms with Crippen LogP contribution in [0.2, 0.25) is 0 Å². The summed E-state index contributed by atoms with van der Waals surface area (Å²) in [6.45, 7) is 1.38. The SMILES string of the molecule is [N-]=[N+]=NCCC1CC=CCCC=CC(=NOCC(=O)N2CCCCC2)Cc2cc(O)cc(O)c2C(=O)O1. The van der Waals surface area contributed by atoms with Gasteiger partial charge in [0, 0.05) is 43.5 Å². The molecule has 0 bridgehead atoms. The van der Waals surface area contributed by atoms with E-state index >= 15 is 0 Å². The lowest BCUT2D eigenvalue weighted by Crippen LogP contribution is -2.37. The third-order valence-electron chi connectivity index (χ3n) is 6.10. The van der Waals surface area contributed by atoms with Crippen molar-refractivity contribution in [3.63, 3.8) is 0 Å². The molecule has 0 spiro atoms. The Kier molecular flexibility index (Phi) is 10.9. The monoisotopic (exact) mass is 511 g/mol. The molecule has 1 aromatic carbocycles. The Morgan fingerprint density at radius 2 is 1.95 bits per heavy atom. The van der Waals surface area contributed by atoms with Crippen molar-refractivity contribution < 1.29 is 29.4 Å². The topological polar surface area (TPSA) is 157 Å². The van der Waals surface area contributed by atoms with Gasteiger partial charge >= 0.3 is 5.97 Å². The summed E-state index contributed by atoms with van der Waals surface area (Å²) in [7, 11) is 0. The fourth-order valence-electron chi connectivity index (χ4n) is 4.23. The number of amides is 1. The predicted molar refractivity (Wildman–Crippen MR) is 137 cm³/mol. The van der Waals surface area contributed by atoms with Gasteiger partial charge in [0.2, 0.25) is 0 Å². The third kappa shape index (κ3) is 8.88. The summed E-state index contributed by atoms with van der Waals surface area (Å²) in [6.07, 6.45) is 12.3. The van der Waals surface area contributed by atoms with E-state index in [2.05, 4.69) is 15.2 Å². The number of allylic oxidation sites excluding steroid dienone is 3. The van der Waals surface area contributed by atoms with E-state index in [1.807, 2.05) is 18.2 Å². The second-order valence-corrected chi connectivity index (χ2v) is 8.93. The van der Waals surface area contributed by atoms with Crippen molar-refractivity contribution in [2.75, 3.05) is 26.2 Å². The van der Waals surface area contributed by atoms with Gasteiger partial charge in [-0.2, -0.15) is 0 Å². The van der Waals surface area contributed by atoms with Gasteiger partial charge in [0.1, 0.15) is 23.2 Å². The number of esters is 1. The van der Waals surface area contributed by atoms with E-state index in [9.17, 15) is 19.8 Å². The predicted octanol–water partition coefficient (Wildman–Crippen LogP) is 4.55. The number of rotatable bonds is 6. The number of phenols is 2. The molecule has 3 rings (SSSR count). The number of hydrogen-bond acceptors (Lipinski definition) is 8. The summed E-state index contributed by atoms with van der Waals surface area (Å²) < 4.78 is 5.65. The average Bonchev–Trinajstić information content (AvgIpc) is 2.87. The Morgan fingerprint density at radius 1 is 1.16 bits per heavy atom. The van der Waals surface area contributed by atoms with Gasteiger partial charge in [-0.05, 0) is 61.8 Å². The van der Waals surface area contributed by atoms with Gasteiger partial charge in [0.05, 0.1) is 5.71 Å². The molecule has 2 heterocycles. The van der Waals surface area contributed by atoms with Gasteiger partial charge in [-0.25, -0.2) is 4.79 Å². The van der Waals surface area contributed by atoms with E-state index < -0.39 is 17.8 Å². The standard InChI is InChI=1S/C26H33N5O6/c27-30-28-12-11-22-10-6-3-1-2-5-9-20(29-36-18-24(34)31-13-7-4-8-14-31)15-19-16-21(32)17-23(33)25(19)26(35)37-22/h3,5-6,9,16-17,22,32-33H,1-2,4,7-8,10-15,18H2. The van der Waals surface area contributed by atoms with Gasteiger partial charge < -0.3 is 24.7 Å². The minimum atomic E-state index is -0.770. The summed E-state index contributed by atoms with van der Waals surface area (Å²) >= 11 is 0. The zero-order valence-corrected chi connectivity index (χ0v) is 20.8. The van der Waals surface area contributed by atoms with Crippen molar-refractivity contribution in [2.24, 2.45) is 10.3 Å². The van der Waals surface area contributed by atoms with Crippen LogP contribution in [0, 0.1) is 0 Å². The number of hydrogen-bond donors (Lipinski definition) is 2. The van der Waals surface area contributed by atoms with Crippen LogP contribution in [0.25, 0.3) is 10.4 Å². The molecule has 0 aromatic heterocycles. The first-order valence-corrected chi connectivity index (χ1v) is 12.5. The molecule has 1 atom stereocenters. The van der Waals surface area contributed by atoms with Crippen LogP contribution in [0.3, 0.4) is 0 Å². The number of azide groups is 1. The number of phenolic OH excluding ortho intramolecular Hbond substituents is 2. The third-order valence-corrected chi connectivity index (χ3v) is 6.10. The Labute approximate surface area is 215 Å². The zero-order chi connectivity index (χ0) is 26.5. The first-order chi connectivity index (χ1) is 18.0. The fourth-order valence-corrected chi connectivity index (χ4v) is 4.23. The van der Waals surface area contributed by atoms with Crippen molar-refractivity contribution >= 4 is 17.6 Å². The Bertz CT molecular complexity index is 1090. The highest BCUT2D eigenvalue weighted by molar-refractivity contribution is 6.00. The maximum Gasteiger partial charge on any atom is 0.342 e. The van der Waals surface area contributed by atoms with Gasteiger partial charge in [-0.3, -0.25) is 4.79 Å². The maximum absolute atomic E-state index is 13.1. The quantitative estimate of drug-likeness (QED) is 0.142. The minimum absolute atomic E-state index is 0.0417. The van der Waals surface area contributed by atoms with Crippen molar-refractivity contribution in [2.45, 2.75) is 57.5 Å². The summed E-state index contributed by atoms with van der Waals surface area (Å²) in [5.41, 5.74) is 9.16. The van der Waals surface area contributed by atoms with Crippen LogP contribution in [0.15, 0.2) is 46.7 Å². The number of oxime groups is 1. The number of fused-ring (bicyclic) bond motifs is 1. The Hall–Kier alpha value is -3.98. The summed E-state index contributed by atoms with van der Waals surface area (Å²) in [5, 5.41) is 28.3. The van der Waals surface area contributed by atoms with Crippen molar-refractivity contribution in [1.82, 2.24) is 4.90 Å². The Morgan fingerprint density at radius 3 is 2.73 bits per heavy atom. The normalized spacial score (nSPS) is 19.9. The number of likely N-dealkylation sites (tertiary alicyclic amines) is 1. The smallest absolute Gasteiger partial charge is 0.342 e. The lowest BCUT2D eigenvalue weighted by atomic mass is 9.99. The molecule has 11 nitrogen and oxygen atoms in total. The van der Waals surface area contributed by atoms with E-state index in [0.29, 0.717) is 43.6 Å². The second-order valence-electron chi connectivity index (χ2n) is 8.93. The number of piperidine rings is 1. The number of cyclic esters (lactones) is 1. The van der Waals surface area contributed by atoms with E-state index in [-0.39, 0.29) is 36.8 Å². The van der Waals surface area contributed by atoms with Crippen molar-refractivity contribution in [3.05, 3.63) is 58.0 Å². The number of carbonyl (C=O) groups is 2. The molecule has 1 saturated heterocycles. The number of nitrogens with zero attached hydrogens (tertiary/aromatic N) is 5. The van der Waals surface area contributed by atoms with Crippen LogP contribution in [0.1, 0.15) is 60.9 Å². The van der Waals surface area contributed by atoms with E-state index in [4.69, 9.17) is 15.1 Å². The molecule has 2 aliphatic rings. The van der Waals surface area contributed by atoms with Gasteiger partial charge in [-0.15, -0.1) is 0 Å². The molecule has 198 valence electrons. The van der Waals surface area contributed by atoms with E-state index in [0.717, 1.165) is 31.7 Å². The van der Waals surface area contributed by atoms with Crippen molar-refractivity contribution in [1.29, 1.82) is 0 Å².